The van der Waals surface area contributed by atoms with Gasteiger partial charge in [0.1, 0.15) is 12.3 Å². The molecule has 0 bridgehead atoms. The largest absolute Gasteiger partial charge is 0.573 e. The number of hydrogen-bond donors (Lipinski definition) is 2. The van der Waals surface area contributed by atoms with Crippen molar-refractivity contribution < 1.29 is 35.9 Å². The normalized spacial score (nSPS) is 14.2. The van der Waals surface area contributed by atoms with Crippen LogP contribution in [0.1, 0.15) is 5.56 Å². The number of imide groups is 1. The lowest BCUT2D eigenvalue weighted by Crippen LogP contribution is -2.33. The van der Waals surface area contributed by atoms with E-state index in [1.807, 2.05) is 0 Å². The number of para-hydroxylation sites is 1. The molecule has 36 heavy (non-hydrogen) atoms. The number of anilines is 3. The molecule has 0 radical (unpaired) electrons. The number of aromatic nitrogens is 1. The molecule has 0 spiro atoms. The summed E-state index contributed by atoms with van der Waals surface area (Å²) in [5, 5.41) is 0. The van der Waals surface area contributed by atoms with Gasteiger partial charge in [-0.1, -0.05) is 18.2 Å². The van der Waals surface area contributed by atoms with Crippen molar-refractivity contribution in [3.63, 3.8) is 0 Å². The van der Waals surface area contributed by atoms with Gasteiger partial charge in [0.05, 0.1) is 29.8 Å². The third-order valence-electron chi connectivity index (χ3n) is 4.91. The number of ether oxygens (including phenoxy) is 1. The highest BCUT2D eigenvalue weighted by molar-refractivity contribution is 7.94. The first-order valence-corrected chi connectivity index (χ1v) is 11.8. The van der Waals surface area contributed by atoms with Crippen LogP contribution in [-0.2, 0) is 21.5 Å². The minimum Gasteiger partial charge on any atom is -0.406 e. The highest BCUT2D eigenvalue weighted by atomic mass is 32.2. The maximum Gasteiger partial charge on any atom is 0.573 e. The maximum absolute atomic E-state index is 12.9. The molecule has 0 unspecified atom stereocenters. The predicted molar refractivity (Wildman–Crippen MR) is 123 cm³/mol. The van der Waals surface area contributed by atoms with Crippen LogP contribution in [0, 0.1) is 0 Å². The van der Waals surface area contributed by atoms with Crippen molar-refractivity contribution in [1.29, 1.82) is 0 Å². The minimum atomic E-state index is -4.88. The van der Waals surface area contributed by atoms with Crippen LogP contribution in [0.25, 0.3) is 0 Å². The molecule has 4 rings (SSSR count). The van der Waals surface area contributed by atoms with Crippen molar-refractivity contribution in [2.24, 2.45) is 0 Å². The highest BCUT2D eigenvalue weighted by Gasteiger charge is 2.38. The lowest BCUT2D eigenvalue weighted by atomic mass is 10.2. The van der Waals surface area contributed by atoms with Gasteiger partial charge in [0.15, 0.2) is 0 Å². The lowest BCUT2D eigenvalue weighted by molar-refractivity contribution is -0.274. The zero-order valence-corrected chi connectivity index (χ0v) is 19.1. The molecular formula is C22H18F3N5O5S. The van der Waals surface area contributed by atoms with Crippen molar-refractivity contribution in [3.8, 4) is 5.75 Å². The summed E-state index contributed by atoms with van der Waals surface area (Å²) in [6.07, 6.45) is -2.21. The van der Waals surface area contributed by atoms with E-state index in [0.717, 1.165) is 29.2 Å². The summed E-state index contributed by atoms with van der Waals surface area (Å²) in [6, 6.07) is 13.2. The van der Waals surface area contributed by atoms with Crippen LogP contribution in [0.4, 0.5) is 35.0 Å². The molecule has 1 aliphatic rings. The molecule has 0 aliphatic carbocycles. The number of carbonyl (C=O) groups excluding carboxylic acids is 2. The molecule has 1 saturated heterocycles. The number of halogens is 3. The van der Waals surface area contributed by atoms with Gasteiger partial charge in [-0.3, -0.25) is 19.2 Å². The zero-order chi connectivity index (χ0) is 25.9. The van der Waals surface area contributed by atoms with Crippen molar-refractivity contribution in [2.75, 3.05) is 20.9 Å². The molecule has 10 nitrogen and oxygen atoms in total. The molecule has 3 amide bonds. The van der Waals surface area contributed by atoms with Gasteiger partial charge >= 0.3 is 22.6 Å². The summed E-state index contributed by atoms with van der Waals surface area (Å²) in [6.45, 7) is -0.460. The topological polar surface area (TPSA) is 121 Å². The molecule has 14 heteroatoms. The van der Waals surface area contributed by atoms with E-state index in [1.165, 1.54) is 23.4 Å². The molecule has 2 aromatic carbocycles. The molecule has 3 aromatic rings. The number of amides is 3. The second kappa shape index (κ2) is 9.73. The molecule has 1 aliphatic heterocycles. The Balaban J connectivity index is 1.48. The summed E-state index contributed by atoms with van der Waals surface area (Å²) in [5.41, 5.74) is 0.844. The van der Waals surface area contributed by atoms with Gasteiger partial charge in [-0.2, -0.15) is 8.42 Å². The quantitative estimate of drug-likeness (QED) is 0.436. The molecule has 188 valence electrons. The monoisotopic (exact) mass is 521 g/mol. The van der Waals surface area contributed by atoms with Crippen molar-refractivity contribution in [3.05, 3.63) is 78.6 Å². The molecule has 1 fully saturated rings. The van der Waals surface area contributed by atoms with E-state index in [9.17, 15) is 31.2 Å². The van der Waals surface area contributed by atoms with Crippen LogP contribution in [-0.4, -0.2) is 43.1 Å². The van der Waals surface area contributed by atoms with Crippen LogP contribution in [0.15, 0.2) is 73.1 Å². The molecule has 2 N–H and O–H groups in total. The fourth-order valence-electron chi connectivity index (χ4n) is 3.41. The van der Waals surface area contributed by atoms with Crippen molar-refractivity contribution >= 4 is 39.2 Å². The Hall–Kier alpha value is -4.33. The van der Waals surface area contributed by atoms with E-state index in [2.05, 4.69) is 19.2 Å². The zero-order valence-electron chi connectivity index (χ0n) is 18.3. The Morgan fingerprint density at radius 2 is 1.67 bits per heavy atom. The highest BCUT2D eigenvalue weighted by Crippen LogP contribution is 2.29. The summed E-state index contributed by atoms with van der Waals surface area (Å²) < 4.78 is 70.7. The van der Waals surface area contributed by atoms with Gasteiger partial charge < -0.3 is 9.64 Å². The molecule has 2 heterocycles. The van der Waals surface area contributed by atoms with Gasteiger partial charge in [0, 0.05) is 6.20 Å². The number of benzene rings is 2. The smallest absolute Gasteiger partial charge is 0.406 e. The van der Waals surface area contributed by atoms with Crippen LogP contribution in [0.3, 0.4) is 0 Å². The van der Waals surface area contributed by atoms with E-state index >= 15 is 0 Å². The Kier molecular flexibility index (Phi) is 6.70. The Morgan fingerprint density at radius 1 is 0.972 bits per heavy atom. The number of pyridine rings is 1. The number of urea groups is 1. The second-order valence-electron chi connectivity index (χ2n) is 7.52. The Labute approximate surface area is 203 Å². The number of alkyl halides is 3. The van der Waals surface area contributed by atoms with Crippen LogP contribution in [0.2, 0.25) is 0 Å². The number of nitrogens with zero attached hydrogens (tertiary/aromatic N) is 3. The van der Waals surface area contributed by atoms with Crippen molar-refractivity contribution in [2.45, 2.75) is 12.9 Å². The van der Waals surface area contributed by atoms with Gasteiger partial charge in [0.2, 0.25) is 0 Å². The van der Waals surface area contributed by atoms with Gasteiger partial charge in [-0.25, -0.2) is 9.69 Å². The van der Waals surface area contributed by atoms with Crippen LogP contribution < -0.4 is 19.1 Å². The average Bonchev–Trinajstić information content (AvgIpc) is 3.07. The number of hydrogen-bond acceptors (Lipinski definition) is 6. The SMILES string of the molecule is O=C1CN(Cc2ccncc2NS(=O)(=O)Nc2ccccc2)C(=O)N1c1ccc(OC(F)(F)F)cc1. The molecule has 0 atom stereocenters. The average molecular weight is 521 g/mol. The number of carbonyl (C=O) groups is 2. The number of rotatable bonds is 8. The van der Waals surface area contributed by atoms with Gasteiger partial charge in [0.25, 0.3) is 5.91 Å². The standard InChI is InChI=1S/C22H18F3N5O5S/c23-22(24,25)35-18-8-6-17(7-9-18)30-20(31)14-29(21(30)32)13-15-10-11-26-12-19(15)28-36(33,34)27-16-4-2-1-3-5-16/h1-12,27-28H,13-14H2. The first kappa shape index (κ1) is 24.8. The first-order valence-electron chi connectivity index (χ1n) is 10.3. The second-order valence-corrected chi connectivity index (χ2v) is 8.93. The summed E-state index contributed by atoms with van der Waals surface area (Å²) >= 11 is 0. The van der Waals surface area contributed by atoms with E-state index in [1.54, 1.807) is 30.3 Å². The fraction of sp³-hybridized carbons (Fsp3) is 0.136. The Morgan fingerprint density at radius 3 is 2.33 bits per heavy atom. The third-order valence-corrected chi connectivity index (χ3v) is 5.90. The summed E-state index contributed by atoms with van der Waals surface area (Å²) in [4.78, 5) is 31.4. The van der Waals surface area contributed by atoms with Crippen molar-refractivity contribution in [1.82, 2.24) is 9.88 Å². The number of nitrogens with one attached hydrogen (secondary N) is 2. The van der Waals surface area contributed by atoms with E-state index in [-0.39, 0.29) is 24.5 Å². The van der Waals surface area contributed by atoms with Crippen LogP contribution in [0.5, 0.6) is 5.75 Å². The van der Waals surface area contributed by atoms with Gasteiger partial charge in [-0.05, 0) is 48.0 Å². The lowest BCUT2D eigenvalue weighted by Gasteiger charge is -2.19. The Bertz CT molecular complexity index is 1370. The van der Waals surface area contributed by atoms with E-state index in [4.69, 9.17) is 0 Å². The van der Waals surface area contributed by atoms with Gasteiger partial charge in [-0.15, -0.1) is 13.2 Å². The summed E-state index contributed by atoms with van der Waals surface area (Å²) in [7, 11) is -4.05. The minimum absolute atomic E-state index is 0.0599. The summed E-state index contributed by atoms with van der Waals surface area (Å²) in [5.74, 6) is -1.11. The first-order chi connectivity index (χ1) is 17.0. The maximum atomic E-state index is 12.9. The van der Waals surface area contributed by atoms with E-state index in [0.29, 0.717) is 11.3 Å². The van der Waals surface area contributed by atoms with Crippen LogP contribution >= 0.6 is 0 Å². The predicted octanol–water partition coefficient (Wildman–Crippen LogP) is 3.72. The molecular weight excluding hydrogens is 503 g/mol. The third kappa shape index (κ3) is 6.02. The fourth-order valence-corrected chi connectivity index (χ4v) is 4.39. The van der Waals surface area contributed by atoms with E-state index < -0.39 is 34.3 Å². The molecule has 1 aromatic heterocycles. The molecule has 0 saturated carbocycles.